The summed E-state index contributed by atoms with van der Waals surface area (Å²) < 4.78 is 0.898. The van der Waals surface area contributed by atoms with E-state index in [1.165, 1.54) is 18.1 Å². The first-order chi connectivity index (χ1) is 12.2. The maximum absolute atomic E-state index is 12.2. The monoisotopic (exact) mass is 396 g/mol. The second-order valence-corrected chi connectivity index (χ2v) is 6.67. The smallest absolute Gasteiger partial charge is 0.287 e. The Balaban J connectivity index is 2.00. The molecule has 0 fully saturated rings. The Morgan fingerprint density at radius 3 is 2.65 bits per heavy atom. The highest BCUT2D eigenvalue weighted by Crippen LogP contribution is 2.16. The third kappa shape index (κ3) is 4.83. The number of anilines is 1. The summed E-state index contributed by atoms with van der Waals surface area (Å²) in [6.45, 7) is 3.30. The fourth-order valence-electron chi connectivity index (χ4n) is 2.17. The lowest BCUT2D eigenvalue weighted by atomic mass is 10.1. The van der Waals surface area contributed by atoms with Crippen molar-refractivity contribution >= 4 is 40.7 Å². The number of rotatable bonds is 5. The summed E-state index contributed by atoms with van der Waals surface area (Å²) >= 11 is 11.5. The second-order valence-electron chi connectivity index (χ2n) is 5.89. The molecule has 0 radical (unpaired) electrons. The van der Waals surface area contributed by atoms with Gasteiger partial charge in [-0.05, 0) is 31.0 Å². The van der Waals surface area contributed by atoms with Crippen molar-refractivity contribution in [3.8, 4) is 0 Å². The number of aryl methyl sites for hydroxylation is 2. The van der Waals surface area contributed by atoms with E-state index < -0.39 is 11.5 Å². The Morgan fingerprint density at radius 1 is 1.27 bits per heavy atom. The molecule has 9 heteroatoms. The van der Waals surface area contributed by atoms with Gasteiger partial charge < -0.3 is 10.2 Å². The highest BCUT2D eigenvalue weighted by atomic mass is 35.5. The molecule has 2 aromatic rings. The minimum absolute atomic E-state index is 0.0154. The number of hydrogen-bond donors (Lipinski definition) is 1. The first-order valence-electron chi connectivity index (χ1n) is 7.71. The number of amides is 2. The van der Waals surface area contributed by atoms with Gasteiger partial charge in [0.05, 0.1) is 17.8 Å². The SMILES string of the molecule is Cc1ccc(C)c(NC(=O)CN(C)C(=O)Cn2ncc(Cl)c(Cl)c2=O)c1. The molecule has 0 aliphatic carbocycles. The van der Waals surface area contributed by atoms with E-state index in [0.717, 1.165) is 15.8 Å². The predicted molar refractivity (Wildman–Crippen MR) is 101 cm³/mol. The van der Waals surface area contributed by atoms with Gasteiger partial charge in [0.15, 0.2) is 0 Å². The normalized spacial score (nSPS) is 10.5. The average Bonchev–Trinajstić information content (AvgIpc) is 2.58. The van der Waals surface area contributed by atoms with Gasteiger partial charge in [0.2, 0.25) is 11.8 Å². The van der Waals surface area contributed by atoms with Crippen LogP contribution in [0.5, 0.6) is 0 Å². The lowest BCUT2D eigenvalue weighted by molar-refractivity contribution is -0.134. The van der Waals surface area contributed by atoms with E-state index in [1.807, 2.05) is 32.0 Å². The minimum atomic E-state index is -0.666. The molecule has 0 unspecified atom stereocenters. The number of halogens is 2. The van der Waals surface area contributed by atoms with Crippen LogP contribution >= 0.6 is 23.2 Å². The van der Waals surface area contributed by atoms with Crippen LogP contribution in [0.1, 0.15) is 11.1 Å². The molecule has 0 saturated carbocycles. The maximum Gasteiger partial charge on any atom is 0.287 e. The summed E-state index contributed by atoms with van der Waals surface area (Å²) in [7, 11) is 1.47. The van der Waals surface area contributed by atoms with Gasteiger partial charge in [0.1, 0.15) is 11.6 Å². The summed E-state index contributed by atoms with van der Waals surface area (Å²) in [6.07, 6.45) is 1.19. The molecule has 2 amide bonds. The number of benzene rings is 1. The molecule has 0 bridgehead atoms. The second kappa shape index (κ2) is 8.33. The van der Waals surface area contributed by atoms with Gasteiger partial charge in [0.25, 0.3) is 5.56 Å². The first kappa shape index (κ1) is 19.9. The third-order valence-corrected chi connectivity index (χ3v) is 4.45. The molecular weight excluding hydrogens is 379 g/mol. The van der Waals surface area contributed by atoms with Crippen molar-refractivity contribution < 1.29 is 9.59 Å². The summed E-state index contributed by atoms with van der Waals surface area (Å²) in [4.78, 5) is 37.5. The third-order valence-electron chi connectivity index (χ3n) is 3.70. The summed E-state index contributed by atoms with van der Waals surface area (Å²) in [5, 5.41) is 6.35. The first-order valence-corrected chi connectivity index (χ1v) is 8.47. The van der Waals surface area contributed by atoms with Crippen LogP contribution < -0.4 is 10.9 Å². The van der Waals surface area contributed by atoms with Gasteiger partial charge in [0, 0.05) is 12.7 Å². The number of likely N-dealkylation sites (N-methyl/N-ethyl adjacent to an activating group) is 1. The average molecular weight is 397 g/mol. The molecule has 26 heavy (non-hydrogen) atoms. The largest absolute Gasteiger partial charge is 0.335 e. The topological polar surface area (TPSA) is 84.3 Å². The number of nitrogens with zero attached hydrogens (tertiary/aromatic N) is 3. The lowest BCUT2D eigenvalue weighted by Gasteiger charge is -2.18. The molecule has 0 saturated heterocycles. The van der Waals surface area contributed by atoms with Gasteiger partial charge in [-0.3, -0.25) is 14.4 Å². The number of aromatic nitrogens is 2. The van der Waals surface area contributed by atoms with Crippen LogP contribution in [-0.4, -0.2) is 40.1 Å². The molecule has 0 spiro atoms. The number of nitrogens with one attached hydrogen (secondary N) is 1. The van der Waals surface area contributed by atoms with E-state index in [0.29, 0.717) is 5.69 Å². The summed E-state index contributed by atoms with van der Waals surface area (Å²) in [5.74, 6) is -0.807. The highest BCUT2D eigenvalue weighted by Gasteiger charge is 2.17. The lowest BCUT2D eigenvalue weighted by Crippen LogP contribution is -2.39. The van der Waals surface area contributed by atoms with Gasteiger partial charge in [-0.25, -0.2) is 4.68 Å². The highest BCUT2D eigenvalue weighted by molar-refractivity contribution is 6.41. The van der Waals surface area contributed by atoms with Gasteiger partial charge >= 0.3 is 0 Å². The standard InChI is InChI=1S/C17H18Cl2N4O3/c1-10-4-5-11(2)13(6-10)21-14(24)8-22(3)15(25)9-23-17(26)16(19)12(18)7-20-23/h4-7H,8-9H2,1-3H3,(H,21,24). The molecule has 0 atom stereocenters. The van der Waals surface area contributed by atoms with E-state index in [2.05, 4.69) is 10.4 Å². The van der Waals surface area contributed by atoms with Gasteiger partial charge in [-0.15, -0.1) is 0 Å². The van der Waals surface area contributed by atoms with Gasteiger partial charge in [-0.2, -0.15) is 5.10 Å². The van der Waals surface area contributed by atoms with E-state index in [4.69, 9.17) is 23.2 Å². The van der Waals surface area contributed by atoms with Crippen molar-refractivity contribution in [1.29, 1.82) is 0 Å². The van der Waals surface area contributed by atoms with Crippen LogP contribution in [0, 0.1) is 13.8 Å². The van der Waals surface area contributed by atoms with E-state index in [-0.39, 0.29) is 29.0 Å². The van der Waals surface area contributed by atoms with Crippen LogP contribution in [0.25, 0.3) is 0 Å². The van der Waals surface area contributed by atoms with Crippen molar-refractivity contribution in [1.82, 2.24) is 14.7 Å². The Hall–Kier alpha value is -2.38. The van der Waals surface area contributed by atoms with Crippen LogP contribution in [0.15, 0.2) is 29.2 Å². The fraction of sp³-hybridized carbons (Fsp3) is 0.294. The van der Waals surface area contributed by atoms with Crippen LogP contribution in [0.2, 0.25) is 10.0 Å². The van der Waals surface area contributed by atoms with Crippen molar-refractivity contribution in [3.63, 3.8) is 0 Å². The zero-order valence-electron chi connectivity index (χ0n) is 14.5. The van der Waals surface area contributed by atoms with Crippen LogP contribution in [0.4, 0.5) is 5.69 Å². The number of hydrogen-bond acceptors (Lipinski definition) is 4. The molecule has 1 heterocycles. The summed E-state index contributed by atoms with van der Waals surface area (Å²) in [5.41, 5.74) is 1.96. The van der Waals surface area contributed by atoms with Crippen molar-refractivity contribution in [2.45, 2.75) is 20.4 Å². The number of carbonyl (C=O) groups is 2. The predicted octanol–water partition coefficient (Wildman–Crippen LogP) is 2.26. The summed E-state index contributed by atoms with van der Waals surface area (Å²) in [6, 6.07) is 5.71. The Bertz CT molecular complexity index is 911. The van der Waals surface area contributed by atoms with Crippen LogP contribution in [-0.2, 0) is 16.1 Å². The minimum Gasteiger partial charge on any atom is -0.335 e. The molecule has 1 aromatic heterocycles. The zero-order valence-corrected chi connectivity index (χ0v) is 16.1. The van der Waals surface area contributed by atoms with Crippen LogP contribution in [0.3, 0.4) is 0 Å². The molecule has 1 aromatic carbocycles. The van der Waals surface area contributed by atoms with E-state index in [9.17, 15) is 14.4 Å². The van der Waals surface area contributed by atoms with Crippen molar-refractivity contribution in [2.24, 2.45) is 0 Å². The van der Waals surface area contributed by atoms with Crippen molar-refractivity contribution in [2.75, 3.05) is 18.9 Å². The quantitative estimate of drug-likeness (QED) is 0.839. The Morgan fingerprint density at radius 2 is 1.96 bits per heavy atom. The molecule has 138 valence electrons. The Labute approximate surface area is 160 Å². The van der Waals surface area contributed by atoms with E-state index in [1.54, 1.807) is 0 Å². The van der Waals surface area contributed by atoms with E-state index >= 15 is 0 Å². The molecule has 0 aliphatic heterocycles. The molecular formula is C17H18Cl2N4O3. The number of carbonyl (C=O) groups excluding carboxylic acids is 2. The zero-order chi connectivity index (χ0) is 19.4. The molecule has 7 nitrogen and oxygen atoms in total. The fourth-order valence-corrected chi connectivity index (χ4v) is 2.44. The molecule has 0 aliphatic rings. The Kier molecular flexibility index (Phi) is 6.39. The molecule has 2 rings (SSSR count). The van der Waals surface area contributed by atoms with Crippen molar-refractivity contribution in [3.05, 3.63) is 55.9 Å². The molecule has 1 N–H and O–H groups in total. The van der Waals surface area contributed by atoms with Gasteiger partial charge in [-0.1, -0.05) is 35.3 Å². The maximum atomic E-state index is 12.2.